The monoisotopic (exact) mass is 290 g/mol. The largest absolute Gasteiger partial charge is 0.338 e. The van der Waals surface area contributed by atoms with Gasteiger partial charge in [-0.1, -0.05) is 24.3 Å². The summed E-state index contributed by atoms with van der Waals surface area (Å²) >= 11 is 0. The van der Waals surface area contributed by atoms with Crippen LogP contribution in [0.2, 0.25) is 0 Å². The number of hydrogen-bond donors (Lipinski definition) is 1. The van der Waals surface area contributed by atoms with Crippen molar-refractivity contribution in [3.63, 3.8) is 0 Å². The van der Waals surface area contributed by atoms with E-state index in [1.54, 1.807) is 13.1 Å². The van der Waals surface area contributed by atoms with Gasteiger partial charge in [0.2, 0.25) is 0 Å². The third-order valence-electron chi connectivity index (χ3n) is 3.89. The Kier molecular flexibility index (Phi) is 2.63. The Morgan fingerprint density at radius 2 is 1.91 bits per heavy atom. The van der Waals surface area contributed by atoms with E-state index in [1.807, 2.05) is 37.4 Å². The zero-order chi connectivity index (χ0) is 15.3. The summed E-state index contributed by atoms with van der Waals surface area (Å²) in [4.78, 5) is 23.4. The number of ketones is 1. The van der Waals surface area contributed by atoms with Crippen molar-refractivity contribution in [3.05, 3.63) is 54.0 Å². The van der Waals surface area contributed by atoms with Crippen molar-refractivity contribution in [2.24, 2.45) is 0 Å². The molecule has 1 aromatic carbocycles. The van der Waals surface area contributed by atoms with Gasteiger partial charge in [0, 0.05) is 23.1 Å². The number of H-pyrrole nitrogens is 1. The Bertz CT molecular complexity index is 1010. The van der Waals surface area contributed by atoms with E-state index in [-0.39, 0.29) is 5.78 Å². The Hall–Kier alpha value is -2.95. The standard InChI is InChI=1S/C17H14N4O/c1-10-8-18-16-9-19-17-15(21(10)16)7-14(20-17)13-5-3-12(4-6-13)11(2)22/h3-9,20H,1-2H3. The van der Waals surface area contributed by atoms with E-state index in [1.165, 1.54) is 0 Å². The average Bonchev–Trinajstić information content (AvgIpc) is 3.10. The van der Waals surface area contributed by atoms with E-state index < -0.39 is 0 Å². The van der Waals surface area contributed by atoms with Gasteiger partial charge in [-0.2, -0.15) is 0 Å². The van der Waals surface area contributed by atoms with Gasteiger partial charge in [-0.15, -0.1) is 0 Å². The summed E-state index contributed by atoms with van der Waals surface area (Å²) in [5, 5.41) is 0. The molecule has 0 fully saturated rings. The first-order valence-electron chi connectivity index (χ1n) is 7.06. The molecule has 108 valence electrons. The second-order valence-electron chi connectivity index (χ2n) is 5.40. The van der Waals surface area contributed by atoms with Crippen molar-refractivity contribution in [3.8, 4) is 11.3 Å². The number of fused-ring (bicyclic) bond motifs is 3. The van der Waals surface area contributed by atoms with Crippen LogP contribution >= 0.6 is 0 Å². The molecule has 0 aliphatic heterocycles. The minimum atomic E-state index is 0.0700. The molecule has 0 atom stereocenters. The fraction of sp³-hybridized carbons (Fsp3) is 0.118. The molecule has 5 heteroatoms. The highest BCUT2D eigenvalue weighted by molar-refractivity contribution is 5.94. The van der Waals surface area contributed by atoms with Crippen molar-refractivity contribution >= 4 is 22.6 Å². The number of nitrogens with zero attached hydrogens (tertiary/aromatic N) is 3. The summed E-state index contributed by atoms with van der Waals surface area (Å²) in [6.07, 6.45) is 3.60. The molecule has 0 aliphatic rings. The minimum Gasteiger partial charge on any atom is -0.338 e. The van der Waals surface area contributed by atoms with Gasteiger partial charge in [0.05, 0.1) is 11.7 Å². The molecule has 4 aromatic rings. The summed E-state index contributed by atoms with van der Waals surface area (Å²) in [6.45, 7) is 3.59. The number of imidazole rings is 1. The number of nitrogens with one attached hydrogen (secondary N) is 1. The molecule has 0 unspecified atom stereocenters. The van der Waals surface area contributed by atoms with Crippen molar-refractivity contribution in [1.29, 1.82) is 0 Å². The van der Waals surface area contributed by atoms with E-state index in [2.05, 4.69) is 25.4 Å². The summed E-state index contributed by atoms with van der Waals surface area (Å²) in [5.74, 6) is 0.0700. The number of carbonyl (C=O) groups excluding carboxylic acids is 1. The van der Waals surface area contributed by atoms with Gasteiger partial charge in [-0.05, 0) is 25.5 Å². The number of aromatic amines is 1. The lowest BCUT2D eigenvalue weighted by Crippen LogP contribution is -1.90. The highest BCUT2D eigenvalue weighted by Gasteiger charge is 2.10. The van der Waals surface area contributed by atoms with Crippen molar-refractivity contribution < 1.29 is 4.79 Å². The lowest BCUT2D eigenvalue weighted by atomic mass is 10.1. The zero-order valence-electron chi connectivity index (χ0n) is 12.3. The van der Waals surface area contributed by atoms with Crippen molar-refractivity contribution in [2.75, 3.05) is 0 Å². The van der Waals surface area contributed by atoms with Gasteiger partial charge >= 0.3 is 0 Å². The quantitative estimate of drug-likeness (QED) is 0.576. The van der Waals surface area contributed by atoms with Crippen LogP contribution in [0.3, 0.4) is 0 Å². The topological polar surface area (TPSA) is 63.1 Å². The number of rotatable bonds is 2. The molecule has 3 heterocycles. The molecule has 0 amide bonds. The van der Waals surface area contributed by atoms with E-state index in [4.69, 9.17) is 0 Å². The summed E-state index contributed by atoms with van der Waals surface area (Å²) in [6, 6.07) is 9.63. The van der Waals surface area contributed by atoms with Crippen LogP contribution in [0, 0.1) is 6.92 Å². The molecular weight excluding hydrogens is 276 g/mol. The van der Waals surface area contributed by atoms with E-state index >= 15 is 0 Å². The predicted molar refractivity (Wildman–Crippen MR) is 85.0 cm³/mol. The number of Topliss-reactive ketones (excluding diaryl/α,β-unsaturated/α-hetero) is 1. The van der Waals surface area contributed by atoms with Crippen LogP contribution in [-0.4, -0.2) is 25.1 Å². The molecule has 3 aromatic heterocycles. The van der Waals surface area contributed by atoms with Crippen molar-refractivity contribution in [2.45, 2.75) is 13.8 Å². The van der Waals surface area contributed by atoms with E-state index in [0.29, 0.717) is 5.56 Å². The Morgan fingerprint density at radius 3 is 2.64 bits per heavy atom. The summed E-state index contributed by atoms with van der Waals surface area (Å²) < 4.78 is 2.08. The second-order valence-corrected chi connectivity index (χ2v) is 5.40. The highest BCUT2D eigenvalue weighted by Crippen LogP contribution is 2.24. The van der Waals surface area contributed by atoms with Gasteiger partial charge in [0.15, 0.2) is 17.1 Å². The number of benzene rings is 1. The summed E-state index contributed by atoms with van der Waals surface area (Å²) in [7, 11) is 0. The first kappa shape index (κ1) is 12.8. The Labute approximate surface area is 126 Å². The van der Waals surface area contributed by atoms with Crippen LogP contribution in [0.5, 0.6) is 0 Å². The lowest BCUT2D eigenvalue weighted by Gasteiger charge is -1.99. The van der Waals surface area contributed by atoms with Crippen LogP contribution in [0.25, 0.3) is 28.1 Å². The van der Waals surface area contributed by atoms with Crippen LogP contribution in [0.15, 0.2) is 42.7 Å². The maximum Gasteiger partial charge on any atom is 0.159 e. The van der Waals surface area contributed by atoms with Gasteiger partial charge < -0.3 is 4.98 Å². The maximum atomic E-state index is 11.4. The minimum absolute atomic E-state index is 0.0700. The number of carbonyl (C=O) groups is 1. The van der Waals surface area contributed by atoms with Crippen LogP contribution in [0.1, 0.15) is 23.0 Å². The van der Waals surface area contributed by atoms with Gasteiger partial charge in [-0.25, -0.2) is 9.97 Å². The molecule has 0 saturated carbocycles. The third kappa shape index (κ3) is 1.83. The predicted octanol–water partition coefficient (Wildman–Crippen LogP) is 3.39. The molecule has 0 bridgehead atoms. The molecule has 22 heavy (non-hydrogen) atoms. The molecule has 1 N–H and O–H groups in total. The van der Waals surface area contributed by atoms with Gasteiger partial charge in [0.25, 0.3) is 0 Å². The normalized spacial score (nSPS) is 11.4. The first-order chi connectivity index (χ1) is 10.6. The molecule has 0 spiro atoms. The van der Waals surface area contributed by atoms with Gasteiger partial charge in [-0.3, -0.25) is 9.20 Å². The lowest BCUT2D eigenvalue weighted by molar-refractivity contribution is 0.101. The maximum absolute atomic E-state index is 11.4. The smallest absolute Gasteiger partial charge is 0.159 e. The zero-order valence-corrected chi connectivity index (χ0v) is 12.3. The molecule has 0 aliphatic carbocycles. The Balaban J connectivity index is 1.90. The highest BCUT2D eigenvalue weighted by atomic mass is 16.1. The fourth-order valence-electron chi connectivity index (χ4n) is 2.72. The molecular formula is C17H14N4O. The second kappa shape index (κ2) is 4.53. The van der Waals surface area contributed by atoms with Crippen molar-refractivity contribution in [1.82, 2.24) is 19.4 Å². The third-order valence-corrected chi connectivity index (χ3v) is 3.89. The van der Waals surface area contributed by atoms with Crippen LogP contribution in [0.4, 0.5) is 0 Å². The number of hydrogen-bond acceptors (Lipinski definition) is 3. The molecule has 5 nitrogen and oxygen atoms in total. The number of aryl methyl sites for hydroxylation is 1. The average molecular weight is 290 g/mol. The first-order valence-corrected chi connectivity index (χ1v) is 7.06. The number of aromatic nitrogens is 4. The molecule has 0 saturated heterocycles. The fourth-order valence-corrected chi connectivity index (χ4v) is 2.72. The molecule has 0 radical (unpaired) electrons. The summed E-state index contributed by atoms with van der Waals surface area (Å²) in [5.41, 5.74) is 6.43. The van der Waals surface area contributed by atoms with Crippen LogP contribution in [-0.2, 0) is 0 Å². The van der Waals surface area contributed by atoms with E-state index in [0.717, 1.165) is 33.8 Å². The van der Waals surface area contributed by atoms with Gasteiger partial charge in [0.1, 0.15) is 0 Å². The SMILES string of the molecule is CC(=O)c1ccc(-c2cc3c(ncc4ncc(C)n43)[nH]2)cc1. The molecule has 4 rings (SSSR count). The Morgan fingerprint density at radius 1 is 1.14 bits per heavy atom. The van der Waals surface area contributed by atoms with E-state index in [9.17, 15) is 4.79 Å². The van der Waals surface area contributed by atoms with Crippen LogP contribution < -0.4 is 0 Å².